The summed E-state index contributed by atoms with van der Waals surface area (Å²) in [6.45, 7) is 1.42. The van der Waals surface area contributed by atoms with Crippen LogP contribution in [0.4, 0.5) is 4.79 Å². The lowest BCUT2D eigenvalue weighted by atomic mass is 10.0. The number of carbonyl (C=O) groups excluding carboxylic acids is 2. The summed E-state index contributed by atoms with van der Waals surface area (Å²) in [4.78, 5) is 31.6. The van der Waals surface area contributed by atoms with Crippen molar-refractivity contribution in [3.8, 4) is 0 Å². The molecule has 2 N–H and O–H groups in total. The summed E-state index contributed by atoms with van der Waals surface area (Å²) in [5.41, 5.74) is 1.93. The Morgan fingerprint density at radius 1 is 1.10 bits per heavy atom. The number of nitrogens with one attached hydrogen (secondary N) is 2. The fraction of sp³-hybridized carbons (Fsp3) is 0.292. The smallest absolute Gasteiger partial charge is 0.318 e. The van der Waals surface area contributed by atoms with Crippen LogP contribution in [0.3, 0.4) is 0 Å². The number of fused-ring (bicyclic) bond motifs is 2. The normalized spacial score (nSPS) is 21.6. The number of halogens is 1. The van der Waals surface area contributed by atoms with E-state index in [9.17, 15) is 9.59 Å². The Kier molecular flexibility index (Phi) is 5.24. The average molecular weight is 435 g/mol. The van der Waals surface area contributed by atoms with E-state index in [1.807, 2.05) is 48.5 Å². The van der Waals surface area contributed by atoms with E-state index in [1.165, 1.54) is 0 Å². The van der Waals surface area contributed by atoms with Crippen molar-refractivity contribution in [1.82, 2.24) is 20.5 Å². The number of hydrogen-bond donors (Lipinski definition) is 2. The highest BCUT2D eigenvalue weighted by Crippen LogP contribution is 2.49. The molecule has 7 heteroatoms. The van der Waals surface area contributed by atoms with Crippen LogP contribution in [0.2, 0.25) is 5.02 Å². The molecule has 2 aromatic carbocycles. The molecule has 31 heavy (non-hydrogen) atoms. The first-order valence-electron chi connectivity index (χ1n) is 10.5. The first-order valence-corrected chi connectivity index (χ1v) is 10.9. The van der Waals surface area contributed by atoms with Crippen molar-refractivity contribution in [3.63, 3.8) is 0 Å². The van der Waals surface area contributed by atoms with Gasteiger partial charge in [-0.2, -0.15) is 0 Å². The molecule has 0 radical (unpaired) electrons. The quantitative estimate of drug-likeness (QED) is 0.642. The minimum Gasteiger partial charge on any atom is -0.350 e. The molecule has 3 atom stereocenters. The lowest BCUT2D eigenvalue weighted by molar-refractivity contribution is -0.125. The number of nitrogens with zero attached hydrogens (tertiary/aromatic N) is 2. The van der Waals surface area contributed by atoms with Crippen LogP contribution in [-0.4, -0.2) is 34.4 Å². The van der Waals surface area contributed by atoms with Crippen LogP contribution in [0, 0.1) is 11.8 Å². The molecule has 0 bridgehead atoms. The summed E-state index contributed by atoms with van der Waals surface area (Å²) in [6, 6.07) is 14.9. The maximum absolute atomic E-state index is 13.0. The van der Waals surface area contributed by atoms with Crippen LogP contribution in [0.25, 0.3) is 10.8 Å². The van der Waals surface area contributed by atoms with Gasteiger partial charge >= 0.3 is 6.03 Å². The Morgan fingerprint density at radius 2 is 2.00 bits per heavy atom. The van der Waals surface area contributed by atoms with E-state index in [2.05, 4.69) is 15.6 Å². The monoisotopic (exact) mass is 434 g/mol. The molecule has 1 aliphatic heterocycles. The zero-order valence-corrected chi connectivity index (χ0v) is 17.7. The lowest BCUT2D eigenvalue weighted by Crippen LogP contribution is -2.51. The minimum atomic E-state index is -0.413. The second kappa shape index (κ2) is 8.19. The molecule has 3 amide bonds. The lowest BCUT2D eigenvalue weighted by Gasteiger charge is -2.27. The van der Waals surface area contributed by atoms with Gasteiger partial charge in [0.05, 0.1) is 0 Å². The SMILES string of the molecule is O=C(NCc1cccnc1)[C@@H]1[C@H]2C[C@H]2CN1C(=O)NCc1cccc2ccc(Cl)cc12. The second-order valence-corrected chi connectivity index (χ2v) is 8.71. The molecule has 6 nitrogen and oxygen atoms in total. The molecule has 1 saturated carbocycles. The summed E-state index contributed by atoms with van der Waals surface area (Å²) >= 11 is 6.16. The van der Waals surface area contributed by atoms with Crippen molar-refractivity contribution in [1.29, 1.82) is 0 Å². The first-order chi connectivity index (χ1) is 15.1. The van der Waals surface area contributed by atoms with Crippen LogP contribution in [0.5, 0.6) is 0 Å². The summed E-state index contributed by atoms with van der Waals surface area (Å²) in [7, 11) is 0. The van der Waals surface area contributed by atoms with Crippen LogP contribution in [0.1, 0.15) is 17.5 Å². The number of carbonyl (C=O) groups is 2. The highest BCUT2D eigenvalue weighted by molar-refractivity contribution is 6.31. The zero-order valence-electron chi connectivity index (χ0n) is 16.9. The second-order valence-electron chi connectivity index (χ2n) is 8.28. The Bertz CT molecular complexity index is 1140. The Hall–Kier alpha value is -3.12. The van der Waals surface area contributed by atoms with Gasteiger partial charge in [-0.05, 0) is 58.4 Å². The van der Waals surface area contributed by atoms with Gasteiger partial charge in [0.2, 0.25) is 5.91 Å². The fourth-order valence-electron chi connectivity index (χ4n) is 4.54. The summed E-state index contributed by atoms with van der Waals surface area (Å²) in [6.07, 6.45) is 4.44. The van der Waals surface area contributed by atoms with Crippen LogP contribution in [-0.2, 0) is 17.9 Å². The van der Waals surface area contributed by atoms with E-state index in [0.29, 0.717) is 30.6 Å². The van der Waals surface area contributed by atoms with Crippen molar-refractivity contribution in [3.05, 3.63) is 77.1 Å². The molecule has 0 spiro atoms. The molecular weight excluding hydrogens is 412 g/mol. The number of likely N-dealkylation sites (tertiary alicyclic amines) is 1. The minimum absolute atomic E-state index is 0.0963. The number of urea groups is 1. The third kappa shape index (κ3) is 4.08. The van der Waals surface area contributed by atoms with Gasteiger partial charge in [-0.15, -0.1) is 0 Å². The van der Waals surface area contributed by atoms with Gasteiger partial charge in [-0.3, -0.25) is 9.78 Å². The molecule has 0 unspecified atom stereocenters. The largest absolute Gasteiger partial charge is 0.350 e. The molecule has 1 aliphatic carbocycles. The number of rotatable bonds is 5. The van der Waals surface area contributed by atoms with E-state index in [0.717, 1.165) is 28.3 Å². The average Bonchev–Trinajstić information content (AvgIpc) is 3.45. The Balaban J connectivity index is 1.25. The summed E-state index contributed by atoms with van der Waals surface area (Å²) in [5, 5.41) is 8.74. The topological polar surface area (TPSA) is 74.3 Å². The third-order valence-corrected chi connectivity index (χ3v) is 6.47. The van der Waals surface area contributed by atoms with Gasteiger partial charge in [0.15, 0.2) is 0 Å². The maximum Gasteiger partial charge on any atom is 0.318 e. The van der Waals surface area contributed by atoms with E-state index >= 15 is 0 Å². The molecule has 2 aliphatic rings. The van der Waals surface area contributed by atoms with Gasteiger partial charge in [-0.1, -0.05) is 41.9 Å². The number of hydrogen-bond acceptors (Lipinski definition) is 3. The molecule has 3 aromatic rings. The van der Waals surface area contributed by atoms with Crippen molar-refractivity contribution >= 4 is 34.3 Å². The van der Waals surface area contributed by atoms with Crippen LogP contribution in [0.15, 0.2) is 60.9 Å². The standard InChI is InChI=1S/C24H23ClN4O2/c25-19-7-6-16-4-1-5-17(20(16)10-19)13-28-24(31)29-14-18-9-21(18)22(29)23(30)27-12-15-3-2-8-26-11-15/h1-8,10-11,18,21-22H,9,12-14H2,(H,27,30)(H,28,31)/t18-,21-,22-/m0/s1. The zero-order chi connectivity index (χ0) is 21.4. The number of aromatic nitrogens is 1. The summed E-state index contributed by atoms with van der Waals surface area (Å²) < 4.78 is 0. The van der Waals surface area contributed by atoms with E-state index < -0.39 is 6.04 Å². The van der Waals surface area contributed by atoms with Crippen molar-refractivity contribution in [2.24, 2.45) is 11.8 Å². The Labute approximate surface area is 185 Å². The summed E-state index contributed by atoms with van der Waals surface area (Å²) in [5.74, 6) is 0.591. The highest BCUT2D eigenvalue weighted by atomic mass is 35.5. The van der Waals surface area contributed by atoms with Crippen molar-refractivity contribution < 1.29 is 9.59 Å². The number of benzene rings is 2. The van der Waals surface area contributed by atoms with Gasteiger partial charge in [-0.25, -0.2) is 4.79 Å². The van der Waals surface area contributed by atoms with Gasteiger partial charge in [0.25, 0.3) is 0 Å². The first kappa shape index (κ1) is 19.8. The predicted octanol–water partition coefficient (Wildman–Crippen LogP) is 3.73. The molecule has 5 rings (SSSR count). The van der Waals surface area contributed by atoms with Crippen LogP contribution < -0.4 is 10.6 Å². The Morgan fingerprint density at radius 3 is 2.84 bits per heavy atom. The highest BCUT2D eigenvalue weighted by Gasteiger charge is 2.56. The van der Waals surface area contributed by atoms with E-state index in [-0.39, 0.29) is 17.9 Å². The van der Waals surface area contributed by atoms with E-state index in [1.54, 1.807) is 17.3 Å². The van der Waals surface area contributed by atoms with Crippen LogP contribution >= 0.6 is 11.6 Å². The molecular formula is C24H23ClN4O2. The fourth-order valence-corrected chi connectivity index (χ4v) is 4.71. The molecule has 2 heterocycles. The third-order valence-electron chi connectivity index (χ3n) is 6.23. The molecule has 158 valence electrons. The van der Waals surface area contributed by atoms with Gasteiger partial charge in [0, 0.05) is 37.1 Å². The number of pyridine rings is 1. The predicted molar refractivity (Wildman–Crippen MR) is 119 cm³/mol. The van der Waals surface area contributed by atoms with Gasteiger partial charge in [0.1, 0.15) is 6.04 Å². The van der Waals surface area contributed by atoms with Crippen molar-refractivity contribution in [2.75, 3.05) is 6.54 Å². The maximum atomic E-state index is 13.0. The molecule has 1 aromatic heterocycles. The van der Waals surface area contributed by atoms with Gasteiger partial charge < -0.3 is 15.5 Å². The molecule has 1 saturated heterocycles. The van der Waals surface area contributed by atoms with E-state index in [4.69, 9.17) is 11.6 Å². The number of piperidine rings is 1. The molecule has 2 fully saturated rings. The van der Waals surface area contributed by atoms with Crippen molar-refractivity contribution in [2.45, 2.75) is 25.6 Å². The number of amides is 3.